The van der Waals surface area contributed by atoms with Crippen LogP contribution in [-0.4, -0.2) is 18.6 Å². The van der Waals surface area contributed by atoms with E-state index in [0.29, 0.717) is 13.2 Å². The van der Waals surface area contributed by atoms with Gasteiger partial charge in [-0.1, -0.05) is 0 Å². The van der Waals surface area contributed by atoms with Crippen LogP contribution in [0.2, 0.25) is 0 Å². The topological polar surface area (TPSA) is 57.9 Å². The molecule has 0 saturated heterocycles. The molecular weight excluding hydrogens is 238 g/mol. The predicted molar refractivity (Wildman–Crippen MR) is 75.9 cm³/mol. The molecule has 0 aromatic carbocycles. The number of nitriles is 1. The van der Waals surface area contributed by atoms with Gasteiger partial charge in [-0.15, -0.1) is 0 Å². The van der Waals surface area contributed by atoms with E-state index in [1.807, 2.05) is 40.0 Å². The third-order valence-corrected chi connectivity index (χ3v) is 2.92. The monoisotopic (exact) mass is 261 g/mol. The van der Waals surface area contributed by atoms with Crippen molar-refractivity contribution in [2.24, 2.45) is 5.41 Å². The molecule has 0 aliphatic carbocycles. The first-order valence-electron chi connectivity index (χ1n) is 6.63. The van der Waals surface area contributed by atoms with Crippen LogP contribution in [0.15, 0.2) is 12.1 Å². The maximum atomic E-state index is 8.95. The molecule has 0 spiro atoms. The lowest BCUT2D eigenvalue weighted by atomic mass is 9.90. The van der Waals surface area contributed by atoms with Crippen LogP contribution in [0.1, 0.15) is 38.1 Å². The molecule has 104 valence electrons. The molecule has 0 saturated carbocycles. The third kappa shape index (κ3) is 5.27. The fourth-order valence-electron chi connectivity index (χ4n) is 1.78. The van der Waals surface area contributed by atoms with E-state index in [-0.39, 0.29) is 5.41 Å². The SMILES string of the molecule is CNCc1nc(C)ccc1OCCCC(C)(C)C#N. The Balaban J connectivity index is 2.51. The van der Waals surface area contributed by atoms with Crippen molar-refractivity contribution < 1.29 is 4.74 Å². The summed E-state index contributed by atoms with van der Waals surface area (Å²) in [5.41, 5.74) is 1.65. The quantitative estimate of drug-likeness (QED) is 0.767. The van der Waals surface area contributed by atoms with Crippen molar-refractivity contribution in [1.29, 1.82) is 5.26 Å². The summed E-state index contributed by atoms with van der Waals surface area (Å²) in [4.78, 5) is 4.47. The van der Waals surface area contributed by atoms with E-state index in [4.69, 9.17) is 10.00 Å². The Bertz CT molecular complexity index is 449. The van der Waals surface area contributed by atoms with Gasteiger partial charge in [0, 0.05) is 12.2 Å². The molecule has 1 N–H and O–H groups in total. The van der Waals surface area contributed by atoms with E-state index in [1.54, 1.807) is 0 Å². The van der Waals surface area contributed by atoms with Crippen molar-refractivity contribution >= 4 is 0 Å². The Morgan fingerprint density at radius 2 is 2.16 bits per heavy atom. The molecule has 1 heterocycles. The van der Waals surface area contributed by atoms with Crippen LogP contribution < -0.4 is 10.1 Å². The average molecular weight is 261 g/mol. The highest BCUT2D eigenvalue weighted by molar-refractivity contribution is 5.29. The second-order valence-corrected chi connectivity index (χ2v) is 5.38. The Labute approximate surface area is 115 Å². The maximum absolute atomic E-state index is 8.95. The zero-order chi connectivity index (χ0) is 14.3. The molecule has 4 heteroatoms. The summed E-state index contributed by atoms with van der Waals surface area (Å²) in [5, 5.41) is 12.0. The minimum absolute atomic E-state index is 0.275. The van der Waals surface area contributed by atoms with Gasteiger partial charge in [-0.3, -0.25) is 4.98 Å². The van der Waals surface area contributed by atoms with Gasteiger partial charge in [0.1, 0.15) is 5.75 Å². The first-order valence-corrected chi connectivity index (χ1v) is 6.63. The third-order valence-electron chi connectivity index (χ3n) is 2.92. The molecule has 0 atom stereocenters. The molecule has 1 aromatic rings. The number of rotatable bonds is 7. The number of aryl methyl sites for hydroxylation is 1. The van der Waals surface area contributed by atoms with E-state index >= 15 is 0 Å². The average Bonchev–Trinajstić information content (AvgIpc) is 2.37. The zero-order valence-electron chi connectivity index (χ0n) is 12.3. The smallest absolute Gasteiger partial charge is 0.142 e. The van der Waals surface area contributed by atoms with Crippen LogP contribution in [0.25, 0.3) is 0 Å². The van der Waals surface area contributed by atoms with Gasteiger partial charge in [-0.25, -0.2) is 0 Å². The molecule has 1 aromatic heterocycles. The van der Waals surface area contributed by atoms with Gasteiger partial charge in [0.15, 0.2) is 0 Å². The van der Waals surface area contributed by atoms with Crippen LogP contribution in [0.5, 0.6) is 5.75 Å². The number of hydrogen-bond acceptors (Lipinski definition) is 4. The van der Waals surface area contributed by atoms with Crippen LogP contribution in [-0.2, 0) is 6.54 Å². The van der Waals surface area contributed by atoms with Crippen LogP contribution in [0, 0.1) is 23.7 Å². The van der Waals surface area contributed by atoms with Crippen molar-refractivity contribution in [2.45, 2.75) is 40.2 Å². The van der Waals surface area contributed by atoms with Gasteiger partial charge >= 0.3 is 0 Å². The van der Waals surface area contributed by atoms with Crippen molar-refractivity contribution in [3.63, 3.8) is 0 Å². The molecule has 0 radical (unpaired) electrons. The van der Waals surface area contributed by atoms with E-state index in [1.165, 1.54) is 0 Å². The van der Waals surface area contributed by atoms with Gasteiger partial charge in [0.25, 0.3) is 0 Å². The van der Waals surface area contributed by atoms with Crippen molar-refractivity contribution in [1.82, 2.24) is 10.3 Å². The molecule has 0 aliphatic heterocycles. The van der Waals surface area contributed by atoms with Crippen molar-refractivity contribution in [3.8, 4) is 11.8 Å². The number of nitrogens with zero attached hydrogens (tertiary/aromatic N) is 2. The molecule has 0 amide bonds. The molecule has 0 bridgehead atoms. The molecule has 0 fully saturated rings. The van der Waals surface area contributed by atoms with Gasteiger partial charge in [-0.05, 0) is 52.8 Å². The number of pyridine rings is 1. The molecule has 0 unspecified atom stereocenters. The lowest BCUT2D eigenvalue weighted by molar-refractivity contribution is 0.280. The summed E-state index contributed by atoms with van der Waals surface area (Å²) < 4.78 is 5.77. The lowest BCUT2D eigenvalue weighted by Crippen LogP contribution is -2.12. The number of hydrogen-bond donors (Lipinski definition) is 1. The number of ether oxygens (including phenoxy) is 1. The molecule has 4 nitrogen and oxygen atoms in total. The van der Waals surface area contributed by atoms with Gasteiger partial charge in [0.2, 0.25) is 0 Å². The lowest BCUT2D eigenvalue weighted by Gasteiger charge is -2.15. The standard InChI is InChI=1S/C15H23N3O/c1-12-6-7-14(13(18-12)10-17-4)19-9-5-8-15(2,3)11-16/h6-7,17H,5,8-10H2,1-4H3. The number of aromatic nitrogens is 1. The molecular formula is C15H23N3O. The van der Waals surface area contributed by atoms with Crippen LogP contribution in [0.4, 0.5) is 0 Å². The minimum atomic E-state index is -0.275. The van der Waals surface area contributed by atoms with Gasteiger partial charge < -0.3 is 10.1 Å². The van der Waals surface area contributed by atoms with E-state index in [2.05, 4.69) is 16.4 Å². The molecule has 1 rings (SSSR count). The van der Waals surface area contributed by atoms with Crippen molar-refractivity contribution in [3.05, 3.63) is 23.5 Å². The molecule has 19 heavy (non-hydrogen) atoms. The summed E-state index contributed by atoms with van der Waals surface area (Å²) in [6.45, 7) is 7.19. The van der Waals surface area contributed by atoms with E-state index in [0.717, 1.165) is 30.0 Å². The largest absolute Gasteiger partial charge is 0.492 e. The Morgan fingerprint density at radius 1 is 1.42 bits per heavy atom. The first-order chi connectivity index (χ1) is 8.98. The van der Waals surface area contributed by atoms with E-state index < -0.39 is 0 Å². The summed E-state index contributed by atoms with van der Waals surface area (Å²) >= 11 is 0. The summed E-state index contributed by atoms with van der Waals surface area (Å²) in [5.74, 6) is 0.828. The summed E-state index contributed by atoms with van der Waals surface area (Å²) in [6.07, 6.45) is 1.71. The molecule has 0 aliphatic rings. The van der Waals surface area contributed by atoms with Crippen LogP contribution >= 0.6 is 0 Å². The Morgan fingerprint density at radius 3 is 2.79 bits per heavy atom. The Hall–Kier alpha value is -1.60. The van der Waals surface area contributed by atoms with Crippen LogP contribution in [0.3, 0.4) is 0 Å². The van der Waals surface area contributed by atoms with Gasteiger partial charge in [-0.2, -0.15) is 5.26 Å². The minimum Gasteiger partial charge on any atom is -0.492 e. The second kappa shape index (κ2) is 7.10. The Kier molecular flexibility index (Phi) is 5.78. The fraction of sp³-hybridized carbons (Fsp3) is 0.600. The van der Waals surface area contributed by atoms with E-state index in [9.17, 15) is 0 Å². The predicted octanol–water partition coefficient (Wildman–Crippen LogP) is 2.82. The summed E-state index contributed by atoms with van der Waals surface area (Å²) in [7, 11) is 1.89. The second-order valence-electron chi connectivity index (χ2n) is 5.38. The number of nitrogens with one attached hydrogen (secondary N) is 1. The maximum Gasteiger partial charge on any atom is 0.142 e. The zero-order valence-corrected chi connectivity index (χ0v) is 12.3. The fourth-order valence-corrected chi connectivity index (χ4v) is 1.78. The van der Waals surface area contributed by atoms with Crippen molar-refractivity contribution in [2.75, 3.05) is 13.7 Å². The van der Waals surface area contributed by atoms with Gasteiger partial charge in [0.05, 0.1) is 23.8 Å². The highest BCUT2D eigenvalue weighted by Gasteiger charge is 2.15. The first kappa shape index (κ1) is 15.5. The highest BCUT2D eigenvalue weighted by Crippen LogP contribution is 2.22. The highest BCUT2D eigenvalue weighted by atomic mass is 16.5. The summed E-state index contributed by atoms with van der Waals surface area (Å²) in [6, 6.07) is 6.22. The normalized spacial score (nSPS) is 11.1.